The molecule has 6 nitrogen and oxygen atoms in total. The number of nitrogens with zero attached hydrogens (tertiary/aromatic N) is 1. The molecule has 144 valence electrons. The summed E-state index contributed by atoms with van der Waals surface area (Å²) in [6, 6.07) is 11.2. The summed E-state index contributed by atoms with van der Waals surface area (Å²) in [5.74, 6) is 0.701. The highest BCUT2D eigenvalue weighted by molar-refractivity contribution is 6.36. The molecule has 2 aromatic carbocycles. The zero-order valence-electron chi connectivity index (χ0n) is 16.2. The first kappa shape index (κ1) is 18.1. The van der Waals surface area contributed by atoms with Gasteiger partial charge >= 0.3 is 0 Å². The molecule has 0 spiro atoms. The number of aryl methyl sites for hydroxylation is 2. The third kappa shape index (κ3) is 3.01. The van der Waals surface area contributed by atoms with Crippen LogP contribution in [-0.4, -0.2) is 30.1 Å². The van der Waals surface area contributed by atoms with E-state index in [2.05, 4.69) is 5.32 Å². The van der Waals surface area contributed by atoms with E-state index in [1.54, 1.807) is 18.2 Å². The number of hydrogen-bond donors (Lipinski definition) is 1. The maximum absolute atomic E-state index is 13.1. The van der Waals surface area contributed by atoms with Crippen molar-refractivity contribution < 1.29 is 19.1 Å². The highest BCUT2D eigenvalue weighted by Gasteiger charge is 2.38. The molecule has 6 heteroatoms. The molecule has 0 radical (unpaired) electrons. The van der Waals surface area contributed by atoms with E-state index in [1.807, 2.05) is 39.0 Å². The van der Waals surface area contributed by atoms with Crippen LogP contribution in [0.3, 0.4) is 0 Å². The minimum Gasteiger partial charge on any atom is -0.454 e. The van der Waals surface area contributed by atoms with Crippen LogP contribution in [0.4, 0.5) is 5.69 Å². The third-order valence-corrected chi connectivity index (χ3v) is 5.05. The number of carbonyl (C=O) groups excluding carboxylic acids is 2. The molecule has 0 saturated heterocycles. The van der Waals surface area contributed by atoms with Crippen molar-refractivity contribution in [3.8, 4) is 11.5 Å². The molecular formula is C22H22N2O4. The van der Waals surface area contributed by atoms with Gasteiger partial charge in [-0.2, -0.15) is 0 Å². The molecule has 0 bridgehead atoms. The van der Waals surface area contributed by atoms with Crippen molar-refractivity contribution in [2.45, 2.75) is 27.2 Å². The Bertz CT molecular complexity index is 1010. The third-order valence-electron chi connectivity index (χ3n) is 5.05. The molecular weight excluding hydrogens is 356 g/mol. The summed E-state index contributed by atoms with van der Waals surface area (Å²) in [6.07, 6.45) is 0.703. The number of anilines is 1. The minimum absolute atomic E-state index is 0.178. The van der Waals surface area contributed by atoms with Gasteiger partial charge in [-0.1, -0.05) is 25.1 Å². The Labute approximate surface area is 163 Å². The van der Waals surface area contributed by atoms with Gasteiger partial charge in [0.2, 0.25) is 6.79 Å². The first-order chi connectivity index (χ1) is 13.5. The number of amides is 2. The second kappa shape index (κ2) is 7.03. The molecule has 2 aliphatic rings. The zero-order chi connectivity index (χ0) is 19.8. The number of nitrogens with one attached hydrogen (secondary N) is 1. The highest BCUT2D eigenvalue weighted by Crippen LogP contribution is 2.36. The second-order valence-electron chi connectivity index (χ2n) is 7.00. The lowest BCUT2D eigenvalue weighted by Gasteiger charge is -2.14. The highest BCUT2D eigenvalue weighted by atomic mass is 16.7. The van der Waals surface area contributed by atoms with E-state index in [0.717, 1.165) is 16.7 Å². The van der Waals surface area contributed by atoms with E-state index in [4.69, 9.17) is 9.47 Å². The Kier molecular flexibility index (Phi) is 4.55. The average Bonchev–Trinajstić information content (AvgIpc) is 3.23. The number of hydrogen-bond acceptors (Lipinski definition) is 5. The topological polar surface area (TPSA) is 67.9 Å². The smallest absolute Gasteiger partial charge is 0.278 e. The van der Waals surface area contributed by atoms with Gasteiger partial charge in [-0.05, 0) is 49.1 Å². The van der Waals surface area contributed by atoms with Gasteiger partial charge in [-0.3, -0.25) is 14.5 Å². The Morgan fingerprint density at radius 1 is 0.964 bits per heavy atom. The molecule has 1 N–H and O–H groups in total. The predicted molar refractivity (Wildman–Crippen MR) is 106 cm³/mol. The maximum atomic E-state index is 13.1. The van der Waals surface area contributed by atoms with Crippen LogP contribution in [0.25, 0.3) is 5.57 Å². The van der Waals surface area contributed by atoms with Gasteiger partial charge in [-0.25, -0.2) is 0 Å². The number of rotatable bonds is 5. The maximum Gasteiger partial charge on any atom is 0.278 e. The van der Waals surface area contributed by atoms with Crippen molar-refractivity contribution in [1.82, 2.24) is 4.90 Å². The van der Waals surface area contributed by atoms with Gasteiger partial charge in [-0.15, -0.1) is 0 Å². The van der Waals surface area contributed by atoms with Crippen LogP contribution >= 0.6 is 0 Å². The molecule has 2 heterocycles. The molecule has 2 amide bonds. The molecule has 2 aromatic rings. The Morgan fingerprint density at radius 2 is 1.75 bits per heavy atom. The lowest BCUT2D eigenvalue weighted by Crippen LogP contribution is -2.33. The van der Waals surface area contributed by atoms with Crippen molar-refractivity contribution in [2.24, 2.45) is 0 Å². The fourth-order valence-electron chi connectivity index (χ4n) is 3.40. The first-order valence-corrected chi connectivity index (χ1v) is 9.34. The Balaban J connectivity index is 1.78. The Hall–Kier alpha value is -3.28. The second-order valence-corrected chi connectivity index (χ2v) is 7.00. The van der Waals surface area contributed by atoms with Crippen LogP contribution in [0.2, 0.25) is 0 Å². The van der Waals surface area contributed by atoms with Crippen molar-refractivity contribution in [1.29, 1.82) is 0 Å². The summed E-state index contributed by atoms with van der Waals surface area (Å²) >= 11 is 0. The van der Waals surface area contributed by atoms with Crippen LogP contribution in [-0.2, 0) is 9.59 Å². The molecule has 28 heavy (non-hydrogen) atoms. The fourth-order valence-corrected chi connectivity index (χ4v) is 3.40. The van der Waals surface area contributed by atoms with Crippen molar-refractivity contribution in [3.05, 3.63) is 58.8 Å². The largest absolute Gasteiger partial charge is 0.454 e. The van der Waals surface area contributed by atoms with Gasteiger partial charge < -0.3 is 14.8 Å². The van der Waals surface area contributed by atoms with Gasteiger partial charge in [0, 0.05) is 18.3 Å². The number of ether oxygens (including phenoxy) is 2. The van der Waals surface area contributed by atoms with Gasteiger partial charge in [0.1, 0.15) is 5.70 Å². The monoisotopic (exact) mass is 378 g/mol. The summed E-state index contributed by atoms with van der Waals surface area (Å²) in [5.41, 5.74) is 4.31. The molecule has 0 saturated carbocycles. The summed E-state index contributed by atoms with van der Waals surface area (Å²) in [6.45, 7) is 6.52. The summed E-state index contributed by atoms with van der Waals surface area (Å²) < 4.78 is 10.7. The number of carbonyl (C=O) groups is 2. The van der Waals surface area contributed by atoms with E-state index < -0.39 is 0 Å². The zero-order valence-corrected chi connectivity index (χ0v) is 16.2. The first-order valence-electron chi connectivity index (χ1n) is 9.34. The van der Waals surface area contributed by atoms with Gasteiger partial charge in [0.15, 0.2) is 11.5 Å². The molecule has 2 aliphatic heterocycles. The summed E-state index contributed by atoms with van der Waals surface area (Å²) in [5, 5.41) is 3.15. The minimum atomic E-state index is -0.308. The fraction of sp³-hybridized carbons (Fsp3) is 0.273. The number of benzene rings is 2. The molecule has 0 atom stereocenters. The molecule has 0 aromatic heterocycles. The van der Waals surface area contributed by atoms with Crippen LogP contribution < -0.4 is 14.8 Å². The SMILES string of the molecule is CCCN1C(=O)C(Nc2ccc3c(c2)OCO3)=C(c2ccc(C)c(C)c2)C1=O. The van der Waals surface area contributed by atoms with Crippen molar-refractivity contribution in [3.63, 3.8) is 0 Å². The molecule has 0 aliphatic carbocycles. The molecule has 0 unspecified atom stereocenters. The van der Waals surface area contributed by atoms with E-state index in [9.17, 15) is 9.59 Å². The van der Waals surface area contributed by atoms with Gasteiger partial charge in [0.05, 0.1) is 5.57 Å². The lowest BCUT2D eigenvalue weighted by molar-refractivity contribution is -0.136. The molecule has 4 rings (SSSR count). The standard InChI is InChI=1S/C22H22N2O4/c1-4-9-24-21(25)19(15-6-5-13(2)14(3)10-15)20(22(24)26)23-16-7-8-17-18(11-16)28-12-27-17/h5-8,10-11,23H,4,9,12H2,1-3H3. The summed E-state index contributed by atoms with van der Waals surface area (Å²) in [4.78, 5) is 27.4. The van der Waals surface area contributed by atoms with Crippen molar-refractivity contribution >= 4 is 23.1 Å². The number of fused-ring (bicyclic) bond motifs is 1. The van der Waals surface area contributed by atoms with E-state index >= 15 is 0 Å². The normalized spacial score (nSPS) is 15.6. The van der Waals surface area contributed by atoms with Crippen LogP contribution in [0.5, 0.6) is 11.5 Å². The van der Waals surface area contributed by atoms with E-state index in [1.165, 1.54) is 4.90 Å². The van der Waals surface area contributed by atoms with Crippen molar-refractivity contribution in [2.75, 3.05) is 18.7 Å². The quantitative estimate of drug-likeness (QED) is 0.805. The lowest BCUT2D eigenvalue weighted by atomic mass is 9.99. The van der Waals surface area contributed by atoms with Gasteiger partial charge in [0.25, 0.3) is 11.8 Å². The van der Waals surface area contributed by atoms with Crippen LogP contribution in [0.15, 0.2) is 42.1 Å². The van der Waals surface area contributed by atoms with E-state index in [-0.39, 0.29) is 18.6 Å². The summed E-state index contributed by atoms with van der Waals surface area (Å²) in [7, 11) is 0. The number of imide groups is 1. The average molecular weight is 378 g/mol. The Morgan fingerprint density at radius 3 is 2.50 bits per heavy atom. The van der Waals surface area contributed by atoms with Crippen LogP contribution in [0, 0.1) is 13.8 Å². The predicted octanol–water partition coefficient (Wildman–Crippen LogP) is 3.63. The van der Waals surface area contributed by atoms with E-state index in [0.29, 0.717) is 41.4 Å². The van der Waals surface area contributed by atoms with Crippen LogP contribution in [0.1, 0.15) is 30.0 Å². The molecule has 0 fully saturated rings.